The molecular weight excluding hydrogens is 204 g/mol. The lowest BCUT2D eigenvalue weighted by atomic mass is 10.2. The van der Waals surface area contributed by atoms with E-state index in [-0.39, 0.29) is 11.2 Å². The maximum absolute atomic E-state index is 11.8. The first kappa shape index (κ1) is 10.5. The van der Waals surface area contributed by atoms with Crippen molar-refractivity contribution in [1.29, 1.82) is 0 Å². The van der Waals surface area contributed by atoms with Crippen molar-refractivity contribution in [1.82, 2.24) is 14.8 Å². The molecule has 5 heteroatoms. The van der Waals surface area contributed by atoms with Gasteiger partial charge in [-0.25, -0.2) is 4.98 Å². The molecule has 0 saturated heterocycles. The third-order valence-corrected chi connectivity index (χ3v) is 2.38. The monoisotopic (exact) mass is 218 g/mol. The molecule has 0 spiro atoms. The second kappa shape index (κ2) is 4.22. The van der Waals surface area contributed by atoms with Crippen LogP contribution in [0.2, 0.25) is 0 Å². The molecule has 0 bridgehead atoms. The normalized spacial score (nSPS) is 10.6. The molecule has 0 aromatic carbocycles. The lowest BCUT2D eigenvalue weighted by Gasteiger charge is -1.98. The summed E-state index contributed by atoms with van der Waals surface area (Å²) in [5.74, 6) is 0.557. The number of hydrogen-bond acceptors (Lipinski definition) is 3. The lowest BCUT2D eigenvalue weighted by molar-refractivity contribution is 0.776. The van der Waals surface area contributed by atoms with Crippen LogP contribution < -0.4 is 11.3 Å². The van der Waals surface area contributed by atoms with Crippen LogP contribution >= 0.6 is 0 Å². The SMILES string of the molecule is CCCc1[nH]n(-c2ccccn2)c(=O)c1N. The summed E-state index contributed by atoms with van der Waals surface area (Å²) in [6.07, 6.45) is 3.34. The van der Waals surface area contributed by atoms with Gasteiger partial charge in [0.1, 0.15) is 5.69 Å². The summed E-state index contributed by atoms with van der Waals surface area (Å²) in [5.41, 5.74) is 6.56. The van der Waals surface area contributed by atoms with Crippen molar-refractivity contribution in [3.63, 3.8) is 0 Å². The molecule has 0 atom stereocenters. The standard InChI is InChI=1S/C11H14N4O/c1-2-5-8-10(12)11(16)15(14-8)9-6-3-4-7-13-9/h3-4,6-7,14H,2,5,12H2,1H3. The van der Waals surface area contributed by atoms with E-state index >= 15 is 0 Å². The molecule has 0 radical (unpaired) electrons. The van der Waals surface area contributed by atoms with Crippen LogP contribution in [0.1, 0.15) is 19.0 Å². The van der Waals surface area contributed by atoms with Crippen LogP contribution in [0.15, 0.2) is 29.2 Å². The molecule has 3 N–H and O–H groups in total. The van der Waals surface area contributed by atoms with Crippen molar-refractivity contribution in [3.05, 3.63) is 40.4 Å². The number of aromatic nitrogens is 3. The van der Waals surface area contributed by atoms with Crippen molar-refractivity contribution in [2.45, 2.75) is 19.8 Å². The summed E-state index contributed by atoms with van der Waals surface area (Å²) >= 11 is 0. The first-order chi connectivity index (χ1) is 7.74. The number of H-pyrrole nitrogens is 1. The molecule has 0 aliphatic carbocycles. The Balaban J connectivity index is 2.51. The molecule has 0 amide bonds. The summed E-state index contributed by atoms with van der Waals surface area (Å²) in [7, 11) is 0. The van der Waals surface area contributed by atoms with Gasteiger partial charge in [0, 0.05) is 6.20 Å². The van der Waals surface area contributed by atoms with Crippen LogP contribution in [-0.4, -0.2) is 14.8 Å². The van der Waals surface area contributed by atoms with Gasteiger partial charge in [-0.3, -0.25) is 9.89 Å². The van der Waals surface area contributed by atoms with E-state index in [1.54, 1.807) is 18.3 Å². The Hall–Kier alpha value is -2.04. The molecule has 2 aromatic rings. The van der Waals surface area contributed by atoms with E-state index in [4.69, 9.17) is 5.73 Å². The molecule has 0 saturated carbocycles. The summed E-state index contributed by atoms with van der Waals surface area (Å²) in [6, 6.07) is 5.38. The molecule has 0 unspecified atom stereocenters. The number of nitrogens with two attached hydrogens (primary N) is 1. The Bertz CT molecular complexity index is 527. The zero-order valence-electron chi connectivity index (χ0n) is 9.10. The van der Waals surface area contributed by atoms with E-state index in [9.17, 15) is 4.79 Å². The van der Waals surface area contributed by atoms with Gasteiger partial charge in [0.2, 0.25) is 0 Å². The van der Waals surface area contributed by atoms with Gasteiger partial charge in [-0.05, 0) is 18.6 Å². The van der Waals surface area contributed by atoms with E-state index in [1.807, 2.05) is 13.0 Å². The van der Waals surface area contributed by atoms with E-state index in [1.165, 1.54) is 4.68 Å². The minimum Gasteiger partial charge on any atom is -0.393 e. The van der Waals surface area contributed by atoms with Crippen molar-refractivity contribution < 1.29 is 0 Å². The predicted octanol–water partition coefficient (Wildman–Crippen LogP) is 1.10. The van der Waals surface area contributed by atoms with Gasteiger partial charge in [0.05, 0.1) is 5.69 Å². The van der Waals surface area contributed by atoms with Crippen LogP contribution in [0, 0.1) is 0 Å². The molecule has 0 fully saturated rings. The number of aromatic amines is 1. The molecule has 0 aliphatic rings. The number of anilines is 1. The zero-order valence-corrected chi connectivity index (χ0v) is 9.10. The first-order valence-corrected chi connectivity index (χ1v) is 5.24. The maximum atomic E-state index is 11.8. The first-order valence-electron chi connectivity index (χ1n) is 5.24. The summed E-state index contributed by atoms with van der Waals surface area (Å²) in [4.78, 5) is 15.9. The molecule has 0 aliphatic heterocycles. The number of nitrogen functional groups attached to an aromatic ring is 1. The average Bonchev–Trinajstić information content (AvgIpc) is 2.59. The Labute approximate surface area is 92.9 Å². The maximum Gasteiger partial charge on any atom is 0.296 e. The van der Waals surface area contributed by atoms with Gasteiger partial charge in [0.25, 0.3) is 5.56 Å². The highest BCUT2D eigenvalue weighted by Gasteiger charge is 2.11. The smallest absolute Gasteiger partial charge is 0.296 e. The second-order valence-corrected chi connectivity index (χ2v) is 3.58. The fourth-order valence-electron chi connectivity index (χ4n) is 1.58. The van der Waals surface area contributed by atoms with Crippen LogP contribution in [-0.2, 0) is 6.42 Å². The van der Waals surface area contributed by atoms with Gasteiger partial charge < -0.3 is 5.73 Å². The van der Waals surface area contributed by atoms with Gasteiger partial charge in [-0.1, -0.05) is 19.4 Å². The highest BCUT2D eigenvalue weighted by Crippen LogP contribution is 2.08. The minimum atomic E-state index is -0.234. The Kier molecular flexibility index (Phi) is 2.76. The number of pyridine rings is 1. The van der Waals surface area contributed by atoms with Gasteiger partial charge in [-0.15, -0.1) is 0 Å². The van der Waals surface area contributed by atoms with Gasteiger partial charge >= 0.3 is 0 Å². The average molecular weight is 218 g/mol. The topological polar surface area (TPSA) is 76.7 Å². The Morgan fingerprint density at radius 3 is 2.94 bits per heavy atom. The summed E-state index contributed by atoms with van der Waals surface area (Å²) in [5, 5.41) is 2.98. The van der Waals surface area contributed by atoms with Crippen LogP contribution in [0.4, 0.5) is 5.69 Å². The van der Waals surface area contributed by atoms with Gasteiger partial charge in [0.15, 0.2) is 5.82 Å². The summed E-state index contributed by atoms with van der Waals surface area (Å²) in [6.45, 7) is 2.04. The summed E-state index contributed by atoms with van der Waals surface area (Å²) < 4.78 is 1.38. The Morgan fingerprint density at radius 2 is 2.31 bits per heavy atom. The van der Waals surface area contributed by atoms with E-state index in [0.717, 1.165) is 18.5 Å². The third kappa shape index (κ3) is 1.71. The molecule has 2 aromatic heterocycles. The number of nitrogens with zero attached hydrogens (tertiary/aromatic N) is 2. The molecule has 2 rings (SSSR count). The fraction of sp³-hybridized carbons (Fsp3) is 0.273. The van der Waals surface area contributed by atoms with E-state index < -0.39 is 0 Å². The molecular formula is C11H14N4O. The van der Waals surface area contributed by atoms with Crippen molar-refractivity contribution in [2.24, 2.45) is 0 Å². The highest BCUT2D eigenvalue weighted by atomic mass is 16.1. The quantitative estimate of drug-likeness (QED) is 0.809. The predicted molar refractivity (Wildman–Crippen MR) is 62.6 cm³/mol. The molecule has 2 heterocycles. The number of hydrogen-bond donors (Lipinski definition) is 2. The Morgan fingerprint density at radius 1 is 1.50 bits per heavy atom. The number of aryl methyl sites for hydroxylation is 1. The number of rotatable bonds is 3. The van der Waals surface area contributed by atoms with E-state index in [0.29, 0.717) is 5.82 Å². The lowest BCUT2D eigenvalue weighted by Crippen LogP contribution is -2.17. The third-order valence-electron chi connectivity index (χ3n) is 2.38. The van der Waals surface area contributed by atoms with Crippen LogP contribution in [0.25, 0.3) is 5.82 Å². The minimum absolute atomic E-state index is 0.234. The zero-order chi connectivity index (χ0) is 11.5. The molecule has 16 heavy (non-hydrogen) atoms. The van der Waals surface area contributed by atoms with Crippen LogP contribution in [0.5, 0.6) is 0 Å². The largest absolute Gasteiger partial charge is 0.393 e. The van der Waals surface area contributed by atoms with Gasteiger partial charge in [-0.2, -0.15) is 4.68 Å². The van der Waals surface area contributed by atoms with Crippen molar-refractivity contribution >= 4 is 5.69 Å². The van der Waals surface area contributed by atoms with E-state index in [2.05, 4.69) is 10.1 Å². The molecule has 5 nitrogen and oxygen atoms in total. The number of nitrogens with one attached hydrogen (secondary N) is 1. The van der Waals surface area contributed by atoms with Crippen LogP contribution in [0.3, 0.4) is 0 Å². The molecule has 84 valence electrons. The van der Waals surface area contributed by atoms with Crippen molar-refractivity contribution in [3.8, 4) is 5.82 Å². The highest BCUT2D eigenvalue weighted by molar-refractivity contribution is 5.43. The fourth-order valence-corrected chi connectivity index (χ4v) is 1.58. The van der Waals surface area contributed by atoms with Crippen molar-refractivity contribution in [2.75, 3.05) is 5.73 Å². The second-order valence-electron chi connectivity index (χ2n) is 3.58.